The molecule has 1 aromatic rings. The van der Waals surface area contributed by atoms with E-state index in [1.807, 2.05) is 0 Å². The number of fused-ring (bicyclic) bond motifs is 1. The topological polar surface area (TPSA) is 86.7 Å². The van der Waals surface area contributed by atoms with E-state index >= 15 is 0 Å². The molecule has 2 aliphatic rings. The van der Waals surface area contributed by atoms with Crippen molar-refractivity contribution >= 4 is 23.5 Å². The molecule has 2 amide bonds. The quantitative estimate of drug-likeness (QED) is 0.853. The average Bonchev–Trinajstić information content (AvgIpc) is 2.96. The van der Waals surface area contributed by atoms with Crippen molar-refractivity contribution in [3.05, 3.63) is 29.3 Å². The van der Waals surface area contributed by atoms with Gasteiger partial charge in [0.25, 0.3) is 5.91 Å². The molecular formula is C15H16N2O4. The Kier molecular flexibility index (Phi) is 3.37. The highest BCUT2D eigenvalue weighted by atomic mass is 16.4. The smallest absolute Gasteiger partial charge is 0.308 e. The lowest BCUT2D eigenvalue weighted by Crippen LogP contribution is -2.30. The molecule has 0 aliphatic carbocycles. The summed E-state index contributed by atoms with van der Waals surface area (Å²) in [6, 6.07) is 5.22. The van der Waals surface area contributed by atoms with Gasteiger partial charge in [-0.3, -0.25) is 14.4 Å². The van der Waals surface area contributed by atoms with E-state index in [-0.39, 0.29) is 18.4 Å². The van der Waals surface area contributed by atoms with Gasteiger partial charge in [0, 0.05) is 30.8 Å². The molecule has 1 fully saturated rings. The van der Waals surface area contributed by atoms with Crippen LogP contribution in [0.1, 0.15) is 28.8 Å². The van der Waals surface area contributed by atoms with Gasteiger partial charge in [0.15, 0.2) is 0 Å². The molecule has 0 aromatic heterocycles. The fourth-order valence-electron chi connectivity index (χ4n) is 2.85. The molecule has 6 nitrogen and oxygen atoms in total. The van der Waals surface area contributed by atoms with Crippen LogP contribution in [0.2, 0.25) is 0 Å². The van der Waals surface area contributed by atoms with Crippen LogP contribution in [-0.4, -0.2) is 40.9 Å². The molecular weight excluding hydrogens is 272 g/mol. The van der Waals surface area contributed by atoms with Gasteiger partial charge in [0.05, 0.1) is 5.92 Å². The molecule has 0 saturated carbocycles. The molecule has 1 aromatic carbocycles. The molecule has 6 heteroatoms. The van der Waals surface area contributed by atoms with Crippen LogP contribution < -0.4 is 5.32 Å². The largest absolute Gasteiger partial charge is 0.481 e. The number of nitrogens with zero attached hydrogens (tertiary/aromatic N) is 1. The van der Waals surface area contributed by atoms with Crippen LogP contribution in [0.15, 0.2) is 18.2 Å². The summed E-state index contributed by atoms with van der Waals surface area (Å²) in [5, 5.41) is 11.8. The molecule has 0 bridgehead atoms. The number of benzene rings is 1. The Morgan fingerprint density at radius 3 is 2.81 bits per heavy atom. The third-order valence-electron chi connectivity index (χ3n) is 4.07. The number of anilines is 1. The van der Waals surface area contributed by atoms with Crippen LogP contribution in [0.5, 0.6) is 0 Å². The molecule has 3 rings (SSSR count). The van der Waals surface area contributed by atoms with Gasteiger partial charge in [-0.15, -0.1) is 0 Å². The highest BCUT2D eigenvalue weighted by molar-refractivity contribution is 5.98. The number of carboxylic acids is 1. The van der Waals surface area contributed by atoms with E-state index in [1.54, 1.807) is 23.1 Å². The van der Waals surface area contributed by atoms with Crippen LogP contribution in [-0.2, 0) is 16.0 Å². The zero-order valence-corrected chi connectivity index (χ0v) is 11.5. The van der Waals surface area contributed by atoms with Crippen molar-refractivity contribution in [2.75, 3.05) is 18.4 Å². The number of carbonyl (C=O) groups is 3. The van der Waals surface area contributed by atoms with Crippen molar-refractivity contribution in [2.45, 2.75) is 19.3 Å². The Morgan fingerprint density at radius 2 is 2.10 bits per heavy atom. The SMILES string of the molecule is O=C1CCc2cc(C(=O)N3CC[C@@H](C(=O)O)C3)ccc2N1. The minimum Gasteiger partial charge on any atom is -0.481 e. The minimum atomic E-state index is -0.849. The third kappa shape index (κ3) is 2.61. The second-order valence-electron chi connectivity index (χ2n) is 5.50. The van der Waals surface area contributed by atoms with Gasteiger partial charge in [-0.2, -0.15) is 0 Å². The van der Waals surface area contributed by atoms with Crippen LogP contribution in [0, 0.1) is 5.92 Å². The van der Waals surface area contributed by atoms with Crippen molar-refractivity contribution in [3.63, 3.8) is 0 Å². The lowest BCUT2D eigenvalue weighted by atomic mass is 10.00. The van der Waals surface area contributed by atoms with Gasteiger partial charge in [-0.1, -0.05) is 0 Å². The van der Waals surface area contributed by atoms with Crippen LogP contribution in [0.3, 0.4) is 0 Å². The first-order valence-corrected chi connectivity index (χ1v) is 6.99. The monoisotopic (exact) mass is 288 g/mol. The number of likely N-dealkylation sites (tertiary alicyclic amines) is 1. The number of carbonyl (C=O) groups excluding carboxylic acids is 2. The molecule has 0 spiro atoms. The molecule has 0 radical (unpaired) electrons. The van der Waals surface area contributed by atoms with Crippen molar-refractivity contribution in [1.82, 2.24) is 4.90 Å². The standard InChI is InChI=1S/C15H16N2O4/c18-13-4-2-9-7-10(1-3-12(9)16-13)14(19)17-6-5-11(8-17)15(20)21/h1,3,7,11H,2,4-6,8H2,(H,16,18)(H,20,21)/t11-/m1/s1. The van der Waals surface area contributed by atoms with Gasteiger partial charge >= 0.3 is 5.97 Å². The summed E-state index contributed by atoms with van der Waals surface area (Å²) in [6.07, 6.45) is 1.55. The number of amides is 2. The average molecular weight is 288 g/mol. The summed E-state index contributed by atoms with van der Waals surface area (Å²) in [7, 11) is 0. The number of rotatable bonds is 2. The lowest BCUT2D eigenvalue weighted by molar-refractivity contribution is -0.141. The molecule has 2 N–H and O–H groups in total. The fourth-order valence-corrected chi connectivity index (χ4v) is 2.85. The minimum absolute atomic E-state index is 0.00887. The summed E-state index contributed by atoms with van der Waals surface area (Å²) in [6.45, 7) is 0.742. The third-order valence-corrected chi connectivity index (χ3v) is 4.07. The van der Waals surface area contributed by atoms with E-state index in [4.69, 9.17) is 5.11 Å². The molecule has 0 unspecified atom stereocenters. The van der Waals surface area contributed by atoms with Gasteiger partial charge in [0.1, 0.15) is 0 Å². The highest BCUT2D eigenvalue weighted by Gasteiger charge is 2.31. The zero-order valence-electron chi connectivity index (χ0n) is 11.5. The number of carboxylic acid groups (broad SMARTS) is 1. The Morgan fingerprint density at radius 1 is 1.29 bits per heavy atom. The van der Waals surface area contributed by atoms with Gasteiger partial charge in [-0.05, 0) is 36.6 Å². The second kappa shape index (κ2) is 5.20. The van der Waals surface area contributed by atoms with Crippen LogP contribution in [0.25, 0.3) is 0 Å². The first-order chi connectivity index (χ1) is 10.0. The second-order valence-corrected chi connectivity index (χ2v) is 5.50. The Bertz CT molecular complexity index is 626. The molecule has 2 heterocycles. The van der Waals surface area contributed by atoms with E-state index in [0.717, 1.165) is 11.3 Å². The van der Waals surface area contributed by atoms with Gasteiger partial charge < -0.3 is 15.3 Å². The predicted molar refractivity (Wildman–Crippen MR) is 75.0 cm³/mol. The lowest BCUT2D eigenvalue weighted by Gasteiger charge is -2.20. The molecule has 2 aliphatic heterocycles. The van der Waals surface area contributed by atoms with E-state index in [9.17, 15) is 14.4 Å². The van der Waals surface area contributed by atoms with E-state index in [0.29, 0.717) is 31.4 Å². The van der Waals surface area contributed by atoms with E-state index < -0.39 is 11.9 Å². The van der Waals surface area contributed by atoms with Crippen molar-refractivity contribution < 1.29 is 19.5 Å². The molecule has 1 saturated heterocycles. The Labute approximate surface area is 121 Å². The van der Waals surface area contributed by atoms with E-state index in [1.165, 1.54) is 0 Å². The zero-order chi connectivity index (χ0) is 15.0. The van der Waals surface area contributed by atoms with Crippen molar-refractivity contribution in [1.29, 1.82) is 0 Å². The van der Waals surface area contributed by atoms with Gasteiger partial charge in [-0.25, -0.2) is 0 Å². The molecule has 110 valence electrons. The first-order valence-electron chi connectivity index (χ1n) is 6.99. The number of aryl methyl sites for hydroxylation is 1. The molecule has 21 heavy (non-hydrogen) atoms. The van der Waals surface area contributed by atoms with Crippen LogP contribution >= 0.6 is 0 Å². The highest BCUT2D eigenvalue weighted by Crippen LogP contribution is 2.25. The number of hydrogen-bond acceptors (Lipinski definition) is 3. The van der Waals surface area contributed by atoms with Crippen molar-refractivity contribution in [3.8, 4) is 0 Å². The summed E-state index contributed by atoms with van der Waals surface area (Å²) in [4.78, 5) is 36.3. The van der Waals surface area contributed by atoms with Crippen LogP contribution in [0.4, 0.5) is 5.69 Å². The predicted octanol–water partition coefficient (Wildman–Crippen LogP) is 1.12. The maximum absolute atomic E-state index is 12.4. The summed E-state index contributed by atoms with van der Waals surface area (Å²) in [5.74, 6) is -1.46. The summed E-state index contributed by atoms with van der Waals surface area (Å²) < 4.78 is 0. The van der Waals surface area contributed by atoms with Gasteiger partial charge in [0.2, 0.25) is 5.91 Å². The normalized spacial score (nSPS) is 20.9. The maximum Gasteiger partial charge on any atom is 0.308 e. The maximum atomic E-state index is 12.4. The molecule has 1 atom stereocenters. The fraction of sp³-hybridized carbons (Fsp3) is 0.400. The van der Waals surface area contributed by atoms with Crippen molar-refractivity contribution in [2.24, 2.45) is 5.92 Å². The first kappa shape index (κ1) is 13.6. The number of hydrogen-bond donors (Lipinski definition) is 2. The van der Waals surface area contributed by atoms with E-state index in [2.05, 4.69) is 5.32 Å². The number of nitrogens with one attached hydrogen (secondary N) is 1. The Hall–Kier alpha value is -2.37. The summed E-state index contributed by atoms with van der Waals surface area (Å²) in [5.41, 5.74) is 2.26. The summed E-state index contributed by atoms with van der Waals surface area (Å²) >= 11 is 0. The number of aliphatic carboxylic acids is 1. The Balaban J connectivity index is 1.77.